The lowest BCUT2D eigenvalue weighted by molar-refractivity contribution is -0.134. The van der Waals surface area contributed by atoms with Crippen LogP contribution in [0.2, 0.25) is 0 Å². The van der Waals surface area contributed by atoms with Crippen molar-refractivity contribution >= 4 is 22.6 Å². The average Bonchev–Trinajstić information content (AvgIpc) is 2.98. The van der Waals surface area contributed by atoms with Gasteiger partial charge in [0.05, 0.1) is 5.92 Å². The number of carbonyl (C=O) groups excluding carboxylic acids is 1. The Labute approximate surface area is 123 Å². The van der Waals surface area contributed by atoms with Gasteiger partial charge in [0.15, 0.2) is 0 Å². The summed E-state index contributed by atoms with van der Waals surface area (Å²) in [7, 11) is 0. The minimum absolute atomic E-state index is 0.0497. The molecule has 1 aromatic carbocycles. The molecule has 106 valence electrons. The van der Waals surface area contributed by atoms with E-state index < -0.39 is 6.17 Å². The zero-order chi connectivity index (χ0) is 13.9. The summed E-state index contributed by atoms with van der Waals surface area (Å²) in [5.74, 6) is 0.917. The molecule has 0 spiro atoms. The number of hydrogen-bond acceptors (Lipinski definition) is 2. The quantitative estimate of drug-likeness (QED) is 0.833. The summed E-state index contributed by atoms with van der Waals surface area (Å²) in [6, 6.07) is 10.2. The Bertz CT molecular complexity index is 508. The van der Waals surface area contributed by atoms with E-state index in [4.69, 9.17) is 0 Å². The number of benzene rings is 1. The highest BCUT2D eigenvalue weighted by atomic mass is 32.2. The summed E-state index contributed by atoms with van der Waals surface area (Å²) in [6.45, 7) is 1.13. The number of nitrogens with zero attached hydrogens (tertiary/aromatic N) is 1. The first kappa shape index (κ1) is 13.7. The highest BCUT2D eigenvalue weighted by Gasteiger charge is 2.30. The second kappa shape index (κ2) is 6.00. The third-order valence-corrected chi connectivity index (χ3v) is 5.09. The van der Waals surface area contributed by atoms with Crippen LogP contribution in [0.15, 0.2) is 36.4 Å². The summed E-state index contributed by atoms with van der Waals surface area (Å²) in [5.41, 5.74) is 1.18. The normalized spacial score (nSPS) is 23.8. The van der Waals surface area contributed by atoms with E-state index in [0.717, 1.165) is 5.75 Å². The SMILES string of the molecule is O=C(C1C=C(c2ccccc2)SC1)N1CCC(F)CC1. The van der Waals surface area contributed by atoms with Crippen molar-refractivity contribution in [3.05, 3.63) is 42.0 Å². The van der Waals surface area contributed by atoms with Crippen molar-refractivity contribution in [3.63, 3.8) is 0 Å². The van der Waals surface area contributed by atoms with Crippen molar-refractivity contribution in [2.45, 2.75) is 19.0 Å². The lowest BCUT2D eigenvalue weighted by Crippen LogP contribution is -2.42. The molecule has 3 rings (SSSR count). The van der Waals surface area contributed by atoms with E-state index in [2.05, 4.69) is 18.2 Å². The number of carbonyl (C=O) groups is 1. The van der Waals surface area contributed by atoms with Crippen molar-refractivity contribution in [1.29, 1.82) is 0 Å². The van der Waals surface area contributed by atoms with Gasteiger partial charge in [-0.25, -0.2) is 4.39 Å². The first-order chi connectivity index (χ1) is 9.74. The summed E-state index contributed by atoms with van der Waals surface area (Å²) in [5, 5.41) is 0. The molecule has 2 nitrogen and oxygen atoms in total. The lowest BCUT2D eigenvalue weighted by Gasteiger charge is -2.30. The van der Waals surface area contributed by atoms with Crippen molar-refractivity contribution in [2.24, 2.45) is 5.92 Å². The zero-order valence-corrected chi connectivity index (χ0v) is 12.1. The number of piperidine rings is 1. The van der Waals surface area contributed by atoms with Gasteiger partial charge in [-0.05, 0) is 18.4 Å². The van der Waals surface area contributed by atoms with Gasteiger partial charge in [0.1, 0.15) is 6.17 Å². The molecule has 1 amide bonds. The Morgan fingerprint density at radius 2 is 1.90 bits per heavy atom. The molecular formula is C16H18FNOS. The summed E-state index contributed by atoms with van der Waals surface area (Å²) in [6.07, 6.45) is 2.32. The predicted octanol–water partition coefficient (Wildman–Crippen LogP) is 3.35. The number of halogens is 1. The fourth-order valence-corrected chi connectivity index (χ4v) is 3.85. The molecule has 0 radical (unpaired) electrons. The van der Waals surface area contributed by atoms with Crippen LogP contribution in [0, 0.1) is 5.92 Å². The fraction of sp³-hybridized carbons (Fsp3) is 0.438. The van der Waals surface area contributed by atoms with E-state index >= 15 is 0 Å². The maximum Gasteiger partial charge on any atom is 0.230 e. The predicted molar refractivity (Wildman–Crippen MR) is 81.1 cm³/mol. The van der Waals surface area contributed by atoms with Crippen LogP contribution in [0.25, 0.3) is 4.91 Å². The molecule has 2 aliphatic heterocycles. The molecule has 1 atom stereocenters. The topological polar surface area (TPSA) is 20.3 Å². The first-order valence-electron chi connectivity index (χ1n) is 7.07. The third kappa shape index (κ3) is 2.90. The van der Waals surface area contributed by atoms with Crippen molar-refractivity contribution in [3.8, 4) is 0 Å². The maximum atomic E-state index is 13.1. The van der Waals surface area contributed by atoms with Crippen LogP contribution < -0.4 is 0 Å². The Hall–Kier alpha value is -1.29. The molecule has 0 aliphatic carbocycles. The van der Waals surface area contributed by atoms with E-state index in [0.29, 0.717) is 25.9 Å². The number of hydrogen-bond donors (Lipinski definition) is 0. The number of rotatable bonds is 2. The molecular weight excluding hydrogens is 273 g/mol. The van der Waals surface area contributed by atoms with Crippen LogP contribution >= 0.6 is 11.8 Å². The van der Waals surface area contributed by atoms with E-state index in [1.807, 2.05) is 23.1 Å². The second-order valence-corrected chi connectivity index (χ2v) is 6.38. The number of thioether (sulfide) groups is 1. The van der Waals surface area contributed by atoms with Gasteiger partial charge in [-0.3, -0.25) is 4.79 Å². The third-order valence-electron chi connectivity index (χ3n) is 3.88. The standard InChI is InChI=1S/C16H18FNOS/c17-14-6-8-18(9-7-14)16(19)13-10-15(20-11-13)12-4-2-1-3-5-12/h1-5,10,13-14H,6-9,11H2. The van der Waals surface area contributed by atoms with Crippen LogP contribution in [0.1, 0.15) is 18.4 Å². The Balaban J connectivity index is 1.67. The highest BCUT2D eigenvalue weighted by Crippen LogP contribution is 2.37. The summed E-state index contributed by atoms with van der Waals surface area (Å²) < 4.78 is 13.1. The molecule has 1 saturated heterocycles. The molecule has 20 heavy (non-hydrogen) atoms. The molecule has 1 unspecified atom stereocenters. The largest absolute Gasteiger partial charge is 0.342 e. The summed E-state index contributed by atoms with van der Waals surface area (Å²) in [4.78, 5) is 15.4. The van der Waals surface area contributed by atoms with Crippen molar-refractivity contribution < 1.29 is 9.18 Å². The smallest absolute Gasteiger partial charge is 0.230 e. The average molecular weight is 291 g/mol. The minimum atomic E-state index is -0.729. The Morgan fingerprint density at radius 1 is 1.20 bits per heavy atom. The van der Waals surface area contributed by atoms with Gasteiger partial charge in [-0.15, -0.1) is 11.8 Å². The van der Waals surface area contributed by atoms with E-state index in [1.165, 1.54) is 10.5 Å². The Kier molecular flexibility index (Phi) is 4.10. The fourth-order valence-electron chi connectivity index (χ4n) is 2.69. The van der Waals surface area contributed by atoms with Crippen LogP contribution in [0.4, 0.5) is 4.39 Å². The molecule has 1 aromatic rings. The molecule has 0 bridgehead atoms. The molecule has 0 saturated carbocycles. The maximum absolute atomic E-state index is 13.1. The highest BCUT2D eigenvalue weighted by molar-refractivity contribution is 8.08. The van der Waals surface area contributed by atoms with E-state index in [1.54, 1.807) is 11.8 Å². The van der Waals surface area contributed by atoms with Gasteiger partial charge >= 0.3 is 0 Å². The minimum Gasteiger partial charge on any atom is -0.342 e. The van der Waals surface area contributed by atoms with E-state index in [-0.39, 0.29) is 11.8 Å². The van der Waals surface area contributed by atoms with Gasteiger partial charge in [0, 0.05) is 23.7 Å². The molecule has 0 aromatic heterocycles. The lowest BCUT2D eigenvalue weighted by atomic mass is 10.0. The van der Waals surface area contributed by atoms with Gasteiger partial charge in [0.25, 0.3) is 0 Å². The van der Waals surface area contributed by atoms with Crippen LogP contribution in [-0.4, -0.2) is 35.8 Å². The van der Waals surface area contributed by atoms with Gasteiger partial charge in [0.2, 0.25) is 5.91 Å². The van der Waals surface area contributed by atoms with Gasteiger partial charge < -0.3 is 4.90 Å². The van der Waals surface area contributed by atoms with Crippen LogP contribution in [0.3, 0.4) is 0 Å². The molecule has 4 heteroatoms. The second-order valence-electron chi connectivity index (χ2n) is 5.31. The molecule has 2 aliphatic rings. The number of amides is 1. The monoisotopic (exact) mass is 291 g/mol. The zero-order valence-electron chi connectivity index (χ0n) is 11.3. The van der Waals surface area contributed by atoms with Crippen LogP contribution in [0.5, 0.6) is 0 Å². The molecule has 2 heterocycles. The molecule has 1 fully saturated rings. The summed E-state index contributed by atoms with van der Waals surface area (Å²) >= 11 is 1.74. The van der Waals surface area contributed by atoms with E-state index in [9.17, 15) is 9.18 Å². The van der Waals surface area contributed by atoms with Gasteiger partial charge in [-0.2, -0.15) is 0 Å². The Morgan fingerprint density at radius 3 is 2.60 bits per heavy atom. The van der Waals surface area contributed by atoms with Crippen molar-refractivity contribution in [2.75, 3.05) is 18.8 Å². The molecule has 0 N–H and O–H groups in total. The number of likely N-dealkylation sites (tertiary alicyclic amines) is 1. The van der Waals surface area contributed by atoms with Crippen molar-refractivity contribution in [1.82, 2.24) is 4.90 Å². The van der Waals surface area contributed by atoms with Gasteiger partial charge in [-0.1, -0.05) is 36.4 Å². The first-order valence-corrected chi connectivity index (χ1v) is 8.05. The van der Waals surface area contributed by atoms with Crippen LogP contribution in [-0.2, 0) is 4.79 Å². The number of alkyl halides is 1.